The van der Waals surface area contributed by atoms with Crippen LogP contribution in [0.3, 0.4) is 0 Å². The number of nitrogens with one attached hydrogen (secondary N) is 1. The Hall–Kier alpha value is -4.36. The molecule has 0 radical (unpaired) electrons. The van der Waals surface area contributed by atoms with E-state index in [4.69, 9.17) is 25.5 Å². The Labute approximate surface area is 206 Å². The lowest BCUT2D eigenvalue weighted by Crippen LogP contribution is -2.12. The number of halogens is 1. The first kappa shape index (κ1) is 22.4. The third-order valence-corrected chi connectivity index (χ3v) is 5.54. The zero-order chi connectivity index (χ0) is 24.2. The van der Waals surface area contributed by atoms with Crippen LogP contribution in [0.2, 0.25) is 5.02 Å². The lowest BCUT2D eigenvalue weighted by Gasteiger charge is -2.13. The molecule has 3 aromatic carbocycles. The molecule has 0 bridgehead atoms. The SMILES string of the molecule is COc1cc(C(=O)Nc2ccc(-c3nc4cccnc4o3)cc2)ccc1OCc1ccc(Cl)cc1. The minimum Gasteiger partial charge on any atom is -0.493 e. The monoisotopic (exact) mass is 485 g/mol. The van der Waals surface area contributed by atoms with E-state index in [0.717, 1.165) is 11.1 Å². The number of methoxy groups -OCH3 is 1. The van der Waals surface area contributed by atoms with Crippen LogP contribution in [-0.4, -0.2) is 23.0 Å². The van der Waals surface area contributed by atoms with Gasteiger partial charge < -0.3 is 19.2 Å². The van der Waals surface area contributed by atoms with Gasteiger partial charge in [0.2, 0.25) is 11.6 Å². The van der Waals surface area contributed by atoms with Crippen molar-refractivity contribution in [3.63, 3.8) is 0 Å². The molecule has 2 aromatic heterocycles. The number of carbonyl (C=O) groups excluding carboxylic acids is 1. The van der Waals surface area contributed by atoms with Crippen LogP contribution < -0.4 is 14.8 Å². The summed E-state index contributed by atoms with van der Waals surface area (Å²) in [5, 5.41) is 3.55. The summed E-state index contributed by atoms with van der Waals surface area (Å²) in [6.07, 6.45) is 1.66. The number of pyridine rings is 1. The van der Waals surface area contributed by atoms with Crippen molar-refractivity contribution in [1.82, 2.24) is 9.97 Å². The Bertz CT molecular complexity index is 1450. The van der Waals surface area contributed by atoms with Crippen molar-refractivity contribution in [2.75, 3.05) is 12.4 Å². The molecule has 0 fully saturated rings. The number of rotatable bonds is 7. The first-order chi connectivity index (χ1) is 17.1. The summed E-state index contributed by atoms with van der Waals surface area (Å²) >= 11 is 5.92. The Morgan fingerprint density at radius 3 is 2.54 bits per heavy atom. The number of ether oxygens (including phenoxy) is 2. The van der Waals surface area contributed by atoms with E-state index in [0.29, 0.717) is 51.5 Å². The van der Waals surface area contributed by atoms with Gasteiger partial charge in [0.15, 0.2) is 11.5 Å². The zero-order valence-electron chi connectivity index (χ0n) is 18.7. The second kappa shape index (κ2) is 9.87. The van der Waals surface area contributed by atoms with E-state index in [1.54, 1.807) is 42.6 Å². The first-order valence-electron chi connectivity index (χ1n) is 10.8. The number of benzene rings is 3. The number of hydrogen-bond acceptors (Lipinski definition) is 6. The van der Waals surface area contributed by atoms with E-state index in [9.17, 15) is 4.79 Å². The van der Waals surface area contributed by atoms with E-state index in [2.05, 4.69) is 15.3 Å². The molecule has 174 valence electrons. The van der Waals surface area contributed by atoms with E-state index in [1.165, 1.54) is 7.11 Å². The molecule has 0 saturated heterocycles. The highest BCUT2D eigenvalue weighted by Crippen LogP contribution is 2.30. The number of amides is 1. The van der Waals surface area contributed by atoms with E-state index < -0.39 is 0 Å². The van der Waals surface area contributed by atoms with Gasteiger partial charge in [-0.15, -0.1) is 0 Å². The van der Waals surface area contributed by atoms with E-state index >= 15 is 0 Å². The molecule has 0 aliphatic carbocycles. The van der Waals surface area contributed by atoms with Crippen LogP contribution >= 0.6 is 11.6 Å². The highest BCUT2D eigenvalue weighted by Gasteiger charge is 2.13. The van der Waals surface area contributed by atoms with Crippen LogP contribution in [0, 0.1) is 0 Å². The van der Waals surface area contributed by atoms with E-state index in [1.807, 2.05) is 42.5 Å². The molecular weight excluding hydrogens is 466 g/mol. The molecule has 8 heteroatoms. The molecule has 0 aliphatic rings. The van der Waals surface area contributed by atoms with Gasteiger partial charge in [-0.1, -0.05) is 23.7 Å². The second-order valence-electron chi connectivity index (χ2n) is 7.66. The van der Waals surface area contributed by atoms with Gasteiger partial charge in [0, 0.05) is 28.0 Å². The fourth-order valence-corrected chi connectivity index (χ4v) is 3.59. The summed E-state index contributed by atoms with van der Waals surface area (Å²) in [7, 11) is 1.53. The molecule has 0 spiro atoms. The van der Waals surface area contributed by atoms with Gasteiger partial charge in [0.25, 0.3) is 5.91 Å². The van der Waals surface area contributed by atoms with Gasteiger partial charge in [-0.2, -0.15) is 0 Å². The number of carbonyl (C=O) groups is 1. The predicted molar refractivity (Wildman–Crippen MR) is 134 cm³/mol. The van der Waals surface area contributed by atoms with Crippen molar-refractivity contribution in [2.45, 2.75) is 6.61 Å². The summed E-state index contributed by atoms with van der Waals surface area (Å²) in [6.45, 7) is 0.349. The number of anilines is 1. The summed E-state index contributed by atoms with van der Waals surface area (Å²) in [6, 6.07) is 23.3. The average molecular weight is 486 g/mol. The van der Waals surface area contributed by atoms with Crippen molar-refractivity contribution < 1.29 is 18.7 Å². The van der Waals surface area contributed by atoms with E-state index in [-0.39, 0.29) is 5.91 Å². The molecule has 7 nitrogen and oxygen atoms in total. The smallest absolute Gasteiger partial charge is 0.255 e. The predicted octanol–water partition coefficient (Wildman–Crippen LogP) is 6.38. The van der Waals surface area contributed by atoms with Crippen molar-refractivity contribution in [1.29, 1.82) is 0 Å². The van der Waals surface area contributed by atoms with Crippen LogP contribution in [-0.2, 0) is 6.61 Å². The standard InChI is InChI=1S/C27H20ClN3O4/c1-33-24-15-19(8-13-23(24)34-16-17-4-9-20(28)10-5-17)25(32)30-21-11-6-18(7-12-21)26-31-22-3-2-14-29-27(22)35-26/h2-15H,16H2,1H3,(H,30,32). The Kier molecular flexibility index (Phi) is 6.32. The molecular formula is C27H20ClN3O4. The van der Waals surface area contributed by atoms with Crippen LogP contribution in [0.5, 0.6) is 11.5 Å². The van der Waals surface area contributed by atoms with Gasteiger partial charge in [0.1, 0.15) is 12.1 Å². The second-order valence-corrected chi connectivity index (χ2v) is 8.10. The fraction of sp³-hybridized carbons (Fsp3) is 0.0741. The van der Waals surface area contributed by atoms with Gasteiger partial charge >= 0.3 is 0 Å². The number of nitrogens with zero attached hydrogens (tertiary/aromatic N) is 2. The molecule has 5 aromatic rings. The molecule has 0 atom stereocenters. The van der Waals surface area contributed by atoms with Crippen molar-refractivity contribution in [3.8, 4) is 23.0 Å². The minimum atomic E-state index is -0.272. The summed E-state index contributed by atoms with van der Waals surface area (Å²) < 4.78 is 17.0. The normalized spacial score (nSPS) is 10.8. The number of aromatic nitrogens is 2. The maximum absolute atomic E-state index is 12.8. The highest BCUT2D eigenvalue weighted by atomic mass is 35.5. The van der Waals surface area contributed by atoms with Crippen LogP contribution in [0.4, 0.5) is 5.69 Å². The Morgan fingerprint density at radius 1 is 1.00 bits per heavy atom. The number of oxazole rings is 1. The molecule has 1 amide bonds. The lowest BCUT2D eigenvalue weighted by molar-refractivity contribution is 0.102. The number of fused-ring (bicyclic) bond motifs is 1. The maximum atomic E-state index is 12.8. The molecule has 0 unspecified atom stereocenters. The highest BCUT2D eigenvalue weighted by molar-refractivity contribution is 6.30. The quantitative estimate of drug-likeness (QED) is 0.287. The summed E-state index contributed by atoms with van der Waals surface area (Å²) in [5.74, 6) is 1.20. The molecule has 2 heterocycles. The van der Waals surface area contributed by atoms with Crippen LogP contribution in [0.15, 0.2) is 89.5 Å². The van der Waals surface area contributed by atoms with Crippen LogP contribution in [0.25, 0.3) is 22.7 Å². The van der Waals surface area contributed by atoms with Gasteiger partial charge in [0.05, 0.1) is 7.11 Å². The van der Waals surface area contributed by atoms with Crippen LogP contribution in [0.1, 0.15) is 15.9 Å². The lowest BCUT2D eigenvalue weighted by atomic mass is 10.1. The molecule has 1 N–H and O–H groups in total. The minimum absolute atomic E-state index is 0.272. The molecule has 0 aliphatic heterocycles. The van der Waals surface area contributed by atoms with Gasteiger partial charge in [-0.05, 0) is 72.3 Å². The Morgan fingerprint density at radius 2 is 1.80 bits per heavy atom. The van der Waals surface area contributed by atoms with Crippen molar-refractivity contribution in [2.24, 2.45) is 0 Å². The van der Waals surface area contributed by atoms with Gasteiger partial charge in [-0.25, -0.2) is 9.97 Å². The maximum Gasteiger partial charge on any atom is 0.255 e. The summed E-state index contributed by atoms with van der Waals surface area (Å²) in [4.78, 5) is 21.4. The molecule has 35 heavy (non-hydrogen) atoms. The molecule has 5 rings (SSSR count). The first-order valence-corrected chi connectivity index (χ1v) is 11.2. The average Bonchev–Trinajstić information content (AvgIpc) is 3.33. The largest absolute Gasteiger partial charge is 0.493 e. The molecule has 0 saturated carbocycles. The van der Waals surface area contributed by atoms with Crippen molar-refractivity contribution in [3.05, 3.63) is 101 Å². The topological polar surface area (TPSA) is 86.5 Å². The zero-order valence-corrected chi connectivity index (χ0v) is 19.5. The number of hydrogen-bond donors (Lipinski definition) is 1. The summed E-state index contributed by atoms with van der Waals surface area (Å²) in [5.41, 5.74) is 3.99. The third-order valence-electron chi connectivity index (χ3n) is 5.29. The van der Waals surface area contributed by atoms with Gasteiger partial charge in [-0.3, -0.25) is 4.79 Å². The van der Waals surface area contributed by atoms with Crippen molar-refractivity contribution >= 4 is 34.4 Å². The third kappa shape index (κ3) is 5.10. The Balaban J connectivity index is 1.26. The fourth-order valence-electron chi connectivity index (χ4n) is 3.46.